The molecule has 0 spiro atoms. The Bertz CT molecular complexity index is 450. The van der Waals surface area contributed by atoms with Crippen LogP contribution in [-0.2, 0) is 4.79 Å². The topological polar surface area (TPSA) is 106 Å². The third kappa shape index (κ3) is 3.10. The van der Waals surface area contributed by atoms with Gasteiger partial charge in [-0.3, -0.25) is 14.8 Å². The summed E-state index contributed by atoms with van der Waals surface area (Å²) in [5.41, 5.74) is 1.94. The molecule has 4 N–H and O–H groups in total. The number of H-pyrrole nitrogens is 1. The van der Waals surface area contributed by atoms with Gasteiger partial charge in [0.05, 0.1) is 0 Å². The number of nitrogens with zero attached hydrogens (tertiary/aromatic N) is 2. The number of hydrogen-bond donors (Lipinski definition) is 3. The Morgan fingerprint density at radius 1 is 1.65 bits per heavy atom. The van der Waals surface area contributed by atoms with Crippen LogP contribution >= 0.6 is 11.8 Å². The number of hydrogen-bond acceptors (Lipinski definition) is 5. The van der Waals surface area contributed by atoms with Crippen molar-refractivity contribution in [2.45, 2.75) is 36.9 Å². The van der Waals surface area contributed by atoms with Crippen LogP contribution in [0.4, 0.5) is 0 Å². The van der Waals surface area contributed by atoms with Crippen molar-refractivity contribution in [1.29, 1.82) is 0 Å². The molecular weight excluding hydrogens is 242 g/mol. The number of carbonyl (C=O) groups is 1. The quantitative estimate of drug-likeness (QED) is 0.214. The molecule has 1 amide bonds. The van der Waals surface area contributed by atoms with Gasteiger partial charge in [0.1, 0.15) is 0 Å². The van der Waals surface area contributed by atoms with Gasteiger partial charge in [-0.1, -0.05) is 11.8 Å². The van der Waals surface area contributed by atoms with Crippen LogP contribution in [0.1, 0.15) is 31.7 Å². The van der Waals surface area contributed by atoms with Crippen molar-refractivity contribution in [2.24, 2.45) is 5.84 Å². The van der Waals surface area contributed by atoms with E-state index >= 15 is 0 Å². The summed E-state index contributed by atoms with van der Waals surface area (Å²) in [5, 5.41) is 7.15. The van der Waals surface area contributed by atoms with E-state index < -0.39 is 0 Å². The number of aromatic nitrogens is 3. The van der Waals surface area contributed by atoms with E-state index in [1.807, 2.05) is 0 Å². The fourth-order valence-corrected chi connectivity index (χ4v) is 2.47. The Kier molecular flexibility index (Phi) is 3.85. The van der Waals surface area contributed by atoms with E-state index in [-0.39, 0.29) is 11.6 Å². The molecule has 8 heteroatoms. The molecule has 1 aromatic rings. The van der Waals surface area contributed by atoms with Gasteiger partial charge in [-0.05, 0) is 19.3 Å². The number of rotatable bonds is 6. The average molecular weight is 257 g/mol. The van der Waals surface area contributed by atoms with Crippen molar-refractivity contribution in [3.05, 3.63) is 10.5 Å². The molecule has 1 heterocycles. The van der Waals surface area contributed by atoms with Crippen LogP contribution in [0.3, 0.4) is 0 Å². The second-order valence-corrected chi connectivity index (χ2v) is 4.99. The smallest absolute Gasteiger partial charge is 0.294 e. The van der Waals surface area contributed by atoms with Crippen molar-refractivity contribution in [3.8, 4) is 0 Å². The largest absolute Gasteiger partial charge is 0.344 e. The first kappa shape index (κ1) is 12.2. The minimum absolute atomic E-state index is 0.144. The van der Waals surface area contributed by atoms with Crippen LogP contribution in [0, 0.1) is 0 Å². The van der Waals surface area contributed by atoms with Crippen molar-refractivity contribution in [1.82, 2.24) is 20.2 Å². The van der Waals surface area contributed by atoms with E-state index in [9.17, 15) is 9.59 Å². The minimum atomic E-state index is -0.174. The summed E-state index contributed by atoms with van der Waals surface area (Å²) in [4.78, 5) is 22.3. The Morgan fingerprint density at radius 3 is 3.06 bits per heavy atom. The highest BCUT2D eigenvalue weighted by Gasteiger charge is 2.28. The molecule has 0 radical (unpaired) electrons. The summed E-state index contributed by atoms with van der Waals surface area (Å²) >= 11 is 1.49. The van der Waals surface area contributed by atoms with Crippen LogP contribution < -0.4 is 17.0 Å². The first-order chi connectivity index (χ1) is 8.22. The number of hydrazine groups is 1. The van der Waals surface area contributed by atoms with Gasteiger partial charge in [-0.2, -0.15) is 0 Å². The predicted octanol–water partition coefficient (Wildman–Crippen LogP) is -0.232. The van der Waals surface area contributed by atoms with Crippen LogP contribution in [0.2, 0.25) is 0 Å². The summed E-state index contributed by atoms with van der Waals surface area (Å²) < 4.78 is 1.70. The van der Waals surface area contributed by atoms with Gasteiger partial charge >= 0.3 is 5.69 Å². The third-order valence-corrected chi connectivity index (χ3v) is 3.56. The molecule has 94 valence electrons. The Morgan fingerprint density at radius 2 is 2.41 bits per heavy atom. The van der Waals surface area contributed by atoms with Gasteiger partial charge in [0.15, 0.2) is 5.16 Å². The van der Waals surface area contributed by atoms with Gasteiger partial charge in [-0.25, -0.2) is 15.7 Å². The lowest BCUT2D eigenvalue weighted by Gasteiger charge is -2.02. The van der Waals surface area contributed by atoms with Crippen molar-refractivity contribution < 1.29 is 4.79 Å². The highest BCUT2D eigenvalue weighted by molar-refractivity contribution is 7.99. The van der Waals surface area contributed by atoms with Crippen molar-refractivity contribution >= 4 is 17.7 Å². The molecule has 7 nitrogen and oxygen atoms in total. The van der Waals surface area contributed by atoms with Crippen molar-refractivity contribution in [2.75, 3.05) is 5.75 Å². The highest BCUT2D eigenvalue weighted by atomic mass is 32.2. The van der Waals surface area contributed by atoms with Crippen LogP contribution in [0.5, 0.6) is 0 Å². The molecule has 0 atom stereocenters. The molecule has 1 saturated carbocycles. The number of amides is 1. The maximum atomic E-state index is 11.5. The average Bonchev–Trinajstić information content (AvgIpc) is 3.09. The fourth-order valence-electron chi connectivity index (χ4n) is 1.52. The highest BCUT2D eigenvalue weighted by Crippen LogP contribution is 2.36. The molecule has 1 aliphatic carbocycles. The Hall–Kier alpha value is -1.28. The lowest BCUT2D eigenvalue weighted by molar-refractivity contribution is -0.121. The van der Waals surface area contributed by atoms with E-state index in [4.69, 9.17) is 5.84 Å². The van der Waals surface area contributed by atoms with E-state index in [2.05, 4.69) is 15.6 Å². The SMILES string of the molecule is NNC(=O)CCCSc1n[nH]c(=O)n1C1CC1. The summed E-state index contributed by atoms with van der Waals surface area (Å²) in [5.74, 6) is 5.54. The zero-order chi connectivity index (χ0) is 12.3. The first-order valence-electron chi connectivity index (χ1n) is 5.51. The maximum Gasteiger partial charge on any atom is 0.344 e. The predicted molar refractivity (Wildman–Crippen MR) is 63.4 cm³/mol. The standard InChI is InChI=1S/C9H15N5O2S/c10-11-7(15)2-1-5-17-9-13-12-8(16)14(9)6-3-4-6/h6H,1-5,10H2,(H,11,15)(H,12,16). The molecule has 1 fully saturated rings. The number of nitrogens with two attached hydrogens (primary N) is 1. The molecule has 17 heavy (non-hydrogen) atoms. The second kappa shape index (κ2) is 5.37. The number of aromatic amines is 1. The molecule has 0 aromatic carbocycles. The lowest BCUT2D eigenvalue weighted by atomic mass is 10.3. The molecule has 0 unspecified atom stereocenters. The van der Waals surface area contributed by atoms with Gasteiger partial charge in [0.2, 0.25) is 5.91 Å². The first-order valence-corrected chi connectivity index (χ1v) is 6.50. The monoisotopic (exact) mass is 257 g/mol. The molecular formula is C9H15N5O2S. The molecule has 1 aliphatic rings. The van der Waals surface area contributed by atoms with E-state index in [1.165, 1.54) is 11.8 Å². The summed E-state index contributed by atoms with van der Waals surface area (Å²) in [6, 6.07) is 0.316. The molecule has 1 aromatic heterocycles. The number of nitrogens with one attached hydrogen (secondary N) is 2. The van der Waals surface area contributed by atoms with Gasteiger partial charge < -0.3 is 0 Å². The zero-order valence-electron chi connectivity index (χ0n) is 9.31. The van der Waals surface area contributed by atoms with E-state index in [1.54, 1.807) is 4.57 Å². The summed E-state index contributed by atoms with van der Waals surface area (Å²) in [7, 11) is 0. The summed E-state index contributed by atoms with van der Waals surface area (Å²) in [6.07, 6.45) is 3.19. The normalized spacial score (nSPS) is 14.9. The van der Waals surface area contributed by atoms with Gasteiger partial charge in [-0.15, -0.1) is 5.10 Å². The zero-order valence-corrected chi connectivity index (χ0v) is 10.1. The van der Waals surface area contributed by atoms with Crippen LogP contribution in [0.15, 0.2) is 9.95 Å². The Labute approximate surface area is 102 Å². The maximum absolute atomic E-state index is 11.5. The fraction of sp³-hybridized carbons (Fsp3) is 0.667. The van der Waals surface area contributed by atoms with Gasteiger partial charge in [0.25, 0.3) is 0 Å². The van der Waals surface area contributed by atoms with Crippen molar-refractivity contribution in [3.63, 3.8) is 0 Å². The Balaban J connectivity index is 1.83. The lowest BCUT2D eigenvalue weighted by Crippen LogP contribution is -2.29. The van der Waals surface area contributed by atoms with E-state index in [0.717, 1.165) is 18.6 Å². The second-order valence-electron chi connectivity index (χ2n) is 3.93. The molecule has 0 bridgehead atoms. The summed E-state index contributed by atoms with van der Waals surface area (Å²) in [6.45, 7) is 0. The van der Waals surface area contributed by atoms with Gasteiger partial charge in [0, 0.05) is 18.2 Å². The van der Waals surface area contributed by atoms with Crippen LogP contribution in [-0.4, -0.2) is 26.4 Å². The molecule has 0 saturated heterocycles. The van der Waals surface area contributed by atoms with E-state index in [0.29, 0.717) is 24.0 Å². The minimum Gasteiger partial charge on any atom is -0.294 e. The molecule has 2 rings (SSSR count). The number of carbonyl (C=O) groups excluding carboxylic acids is 1. The van der Waals surface area contributed by atoms with Crippen LogP contribution in [0.25, 0.3) is 0 Å². The third-order valence-electron chi connectivity index (χ3n) is 2.52. The molecule has 0 aliphatic heterocycles. The number of thioether (sulfide) groups is 1.